The van der Waals surface area contributed by atoms with E-state index in [1.165, 1.54) is 12.1 Å². The Labute approximate surface area is 194 Å². The Morgan fingerprint density at radius 2 is 1.47 bits per heavy atom. The topological polar surface area (TPSA) is 63.2 Å². The second-order valence-corrected chi connectivity index (χ2v) is 7.37. The molecule has 34 heavy (non-hydrogen) atoms. The van der Waals surface area contributed by atoms with E-state index in [1.807, 2.05) is 12.1 Å². The molecule has 0 aliphatic rings. The van der Waals surface area contributed by atoms with Gasteiger partial charge in [-0.2, -0.15) is 13.2 Å². The van der Waals surface area contributed by atoms with Crippen molar-refractivity contribution in [2.75, 3.05) is 10.6 Å². The fourth-order valence-corrected chi connectivity index (χ4v) is 3.30. The number of benzene rings is 3. The summed E-state index contributed by atoms with van der Waals surface area (Å²) in [7, 11) is 0. The van der Waals surface area contributed by atoms with Crippen LogP contribution in [0.2, 0.25) is 0 Å². The Bertz CT molecular complexity index is 1250. The molecule has 2 amide bonds. The lowest BCUT2D eigenvalue weighted by molar-refractivity contribution is -0.137. The van der Waals surface area contributed by atoms with E-state index in [2.05, 4.69) is 15.6 Å². The van der Waals surface area contributed by atoms with Gasteiger partial charge in [-0.15, -0.1) is 0 Å². The number of nitrogens with zero attached hydrogens (tertiary/aromatic N) is 1. The fraction of sp³-hybridized carbons (Fsp3) is 0.0769. The molecule has 0 fully saturated rings. The highest BCUT2D eigenvalue weighted by molar-refractivity contribution is 6.00. The average molecular weight is 463 g/mol. The molecule has 172 valence electrons. The molecule has 0 atom stereocenters. The number of hydrogen-bond donors (Lipinski definition) is 2. The summed E-state index contributed by atoms with van der Waals surface area (Å²) in [6.07, 6.45) is -1.22. The first kappa shape index (κ1) is 22.8. The minimum Gasteiger partial charge on any atom is -0.489 e. The molecule has 5 nitrogen and oxygen atoms in total. The first-order chi connectivity index (χ1) is 16.4. The summed E-state index contributed by atoms with van der Waals surface area (Å²) in [5.41, 5.74) is 1.12. The van der Waals surface area contributed by atoms with Gasteiger partial charge in [0.1, 0.15) is 12.4 Å². The number of nitrogens with one attached hydrogen (secondary N) is 2. The predicted octanol–water partition coefficient (Wildman–Crippen LogP) is 6.99. The maximum absolute atomic E-state index is 13.7. The van der Waals surface area contributed by atoms with Crippen LogP contribution in [-0.4, -0.2) is 11.0 Å². The molecule has 1 aromatic heterocycles. The van der Waals surface area contributed by atoms with Gasteiger partial charge >= 0.3 is 12.2 Å². The van der Waals surface area contributed by atoms with Crippen LogP contribution in [0.25, 0.3) is 11.1 Å². The van der Waals surface area contributed by atoms with Crippen LogP contribution >= 0.6 is 0 Å². The minimum absolute atomic E-state index is 0.0295. The predicted molar refractivity (Wildman–Crippen MR) is 125 cm³/mol. The highest BCUT2D eigenvalue weighted by atomic mass is 19.4. The van der Waals surface area contributed by atoms with Gasteiger partial charge in [-0.3, -0.25) is 4.98 Å². The standard InChI is InChI=1S/C26H20F3N3O2/c27-26(28,29)24-16-21(8-11-23(24)19-4-2-1-3-5-19)32-25(33)31-20-6-9-22(10-7-20)34-17-18-12-14-30-15-13-18/h1-16H,17H2,(H2,31,32,33). The number of rotatable bonds is 6. The van der Waals surface area contributed by atoms with Gasteiger partial charge in [0.2, 0.25) is 0 Å². The van der Waals surface area contributed by atoms with Gasteiger partial charge in [-0.1, -0.05) is 36.4 Å². The molecular weight excluding hydrogens is 443 g/mol. The first-order valence-corrected chi connectivity index (χ1v) is 10.3. The van der Waals surface area contributed by atoms with Crippen molar-refractivity contribution < 1.29 is 22.7 Å². The molecule has 0 bridgehead atoms. The minimum atomic E-state index is -4.58. The van der Waals surface area contributed by atoms with Gasteiger partial charge in [0.25, 0.3) is 0 Å². The van der Waals surface area contributed by atoms with Gasteiger partial charge in [0.05, 0.1) is 5.56 Å². The molecule has 4 aromatic rings. The molecule has 8 heteroatoms. The number of aromatic nitrogens is 1. The number of halogens is 3. The third-order valence-electron chi connectivity index (χ3n) is 4.93. The van der Waals surface area contributed by atoms with Crippen LogP contribution < -0.4 is 15.4 Å². The lowest BCUT2D eigenvalue weighted by atomic mass is 9.98. The van der Waals surface area contributed by atoms with Crippen molar-refractivity contribution in [1.82, 2.24) is 4.98 Å². The van der Waals surface area contributed by atoms with Crippen LogP contribution in [0.5, 0.6) is 5.75 Å². The molecule has 0 saturated carbocycles. The van der Waals surface area contributed by atoms with Crippen molar-refractivity contribution in [3.63, 3.8) is 0 Å². The van der Waals surface area contributed by atoms with E-state index >= 15 is 0 Å². The summed E-state index contributed by atoms with van der Waals surface area (Å²) in [5.74, 6) is 0.606. The Balaban J connectivity index is 1.40. The zero-order valence-corrected chi connectivity index (χ0v) is 17.8. The molecule has 0 radical (unpaired) electrons. The normalized spacial score (nSPS) is 11.0. The van der Waals surface area contributed by atoms with E-state index in [0.717, 1.165) is 11.6 Å². The zero-order chi connectivity index (χ0) is 24.0. The second kappa shape index (κ2) is 10.1. The van der Waals surface area contributed by atoms with Crippen LogP contribution in [0.3, 0.4) is 0 Å². The summed E-state index contributed by atoms with van der Waals surface area (Å²) in [6.45, 7) is 0.371. The Morgan fingerprint density at radius 3 is 2.15 bits per heavy atom. The highest BCUT2D eigenvalue weighted by Gasteiger charge is 2.34. The van der Waals surface area contributed by atoms with Crippen molar-refractivity contribution in [3.8, 4) is 16.9 Å². The molecule has 0 spiro atoms. The molecular formula is C26H20F3N3O2. The summed E-state index contributed by atoms with van der Waals surface area (Å²) >= 11 is 0. The Kier molecular flexibility index (Phi) is 6.77. The molecule has 0 aliphatic carbocycles. The van der Waals surface area contributed by atoms with Crippen LogP contribution in [-0.2, 0) is 12.8 Å². The maximum atomic E-state index is 13.7. The number of ether oxygens (including phenoxy) is 1. The molecule has 4 rings (SSSR count). The third-order valence-corrected chi connectivity index (χ3v) is 4.93. The van der Waals surface area contributed by atoms with E-state index in [0.29, 0.717) is 23.6 Å². The lowest BCUT2D eigenvalue weighted by Crippen LogP contribution is -2.20. The SMILES string of the molecule is O=C(Nc1ccc(OCc2ccncc2)cc1)Nc1ccc(-c2ccccc2)c(C(F)(F)F)c1. The molecule has 3 aromatic carbocycles. The van der Waals surface area contributed by atoms with Crippen LogP contribution in [0, 0.1) is 0 Å². The van der Waals surface area contributed by atoms with Crippen LogP contribution in [0.1, 0.15) is 11.1 Å². The van der Waals surface area contributed by atoms with E-state index in [4.69, 9.17) is 4.74 Å². The molecule has 0 aliphatic heterocycles. The van der Waals surface area contributed by atoms with Crippen LogP contribution in [0.4, 0.5) is 29.3 Å². The molecule has 0 unspecified atom stereocenters. The number of urea groups is 1. The molecule has 1 heterocycles. The maximum Gasteiger partial charge on any atom is 0.417 e. The zero-order valence-electron chi connectivity index (χ0n) is 17.8. The van der Waals surface area contributed by atoms with Gasteiger partial charge in [-0.05, 0) is 65.2 Å². The smallest absolute Gasteiger partial charge is 0.417 e. The van der Waals surface area contributed by atoms with E-state index in [9.17, 15) is 18.0 Å². The van der Waals surface area contributed by atoms with Gasteiger partial charge < -0.3 is 15.4 Å². The average Bonchev–Trinajstić information content (AvgIpc) is 2.84. The van der Waals surface area contributed by atoms with Gasteiger partial charge in [0.15, 0.2) is 0 Å². The Hall–Kier alpha value is -4.33. The van der Waals surface area contributed by atoms with E-state index < -0.39 is 17.8 Å². The van der Waals surface area contributed by atoms with Crippen molar-refractivity contribution in [3.05, 3.63) is 108 Å². The Morgan fingerprint density at radius 1 is 0.824 bits per heavy atom. The number of carbonyl (C=O) groups is 1. The number of amides is 2. The van der Waals surface area contributed by atoms with Crippen molar-refractivity contribution in [2.45, 2.75) is 12.8 Å². The monoisotopic (exact) mass is 463 g/mol. The highest BCUT2D eigenvalue weighted by Crippen LogP contribution is 2.38. The van der Waals surface area contributed by atoms with Crippen LogP contribution in [0.15, 0.2) is 97.3 Å². The number of hydrogen-bond acceptors (Lipinski definition) is 3. The lowest BCUT2D eigenvalue weighted by Gasteiger charge is -2.15. The number of pyridine rings is 1. The largest absolute Gasteiger partial charge is 0.489 e. The summed E-state index contributed by atoms with van der Waals surface area (Å²) in [5, 5.41) is 5.06. The summed E-state index contributed by atoms with van der Waals surface area (Å²) in [4.78, 5) is 16.3. The van der Waals surface area contributed by atoms with E-state index in [1.54, 1.807) is 67.0 Å². The quantitative estimate of drug-likeness (QED) is 0.324. The number of carbonyl (C=O) groups excluding carboxylic acids is 1. The molecule has 2 N–H and O–H groups in total. The van der Waals surface area contributed by atoms with E-state index in [-0.39, 0.29) is 11.3 Å². The summed E-state index contributed by atoms with van der Waals surface area (Å²) < 4.78 is 46.7. The first-order valence-electron chi connectivity index (χ1n) is 10.3. The number of anilines is 2. The van der Waals surface area contributed by atoms with Gasteiger partial charge in [-0.25, -0.2) is 4.79 Å². The summed E-state index contributed by atoms with van der Waals surface area (Å²) in [6, 6.07) is 21.7. The van der Waals surface area contributed by atoms with Crippen molar-refractivity contribution >= 4 is 17.4 Å². The van der Waals surface area contributed by atoms with Gasteiger partial charge in [0, 0.05) is 23.8 Å². The molecule has 0 saturated heterocycles. The van der Waals surface area contributed by atoms with Crippen molar-refractivity contribution in [2.24, 2.45) is 0 Å². The van der Waals surface area contributed by atoms with Crippen molar-refractivity contribution in [1.29, 1.82) is 0 Å². The third kappa shape index (κ3) is 5.92. The fourth-order valence-electron chi connectivity index (χ4n) is 3.30. The second-order valence-electron chi connectivity index (χ2n) is 7.37. The number of alkyl halides is 3.